The Balaban J connectivity index is 3.72. The molecule has 42 valence electrons. The van der Waals surface area contributed by atoms with Gasteiger partial charge in [0.15, 0.2) is 0 Å². The summed E-state index contributed by atoms with van der Waals surface area (Å²) in [5, 5.41) is 0. The second-order valence-electron chi connectivity index (χ2n) is 1.18. The average Bonchev–Trinajstić information content (AvgIpc) is 1.65. The van der Waals surface area contributed by atoms with Crippen LogP contribution in [-0.4, -0.2) is 6.16 Å². The predicted octanol–water partition coefficient (Wildman–Crippen LogP) is -1.09. The van der Waals surface area contributed by atoms with Crippen molar-refractivity contribution in [2.75, 3.05) is 6.16 Å². The number of nitrogens with two attached hydrogens (primary N) is 3. The molecule has 3 nitrogen and oxygen atoms in total. The maximum atomic E-state index is 5.22. The fourth-order valence-corrected chi connectivity index (χ4v) is 0.354. The molecule has 0 rings (SSSR count). The molecule has 7 heavy (non-hydrogen) atoms. The van der Waals surface area contributed by atoms with Crippen LogP contribution in [0.15, 0.2) is 11.5 Å². The highest BCUT2D eigenvalue weighted by atomic mass is 31.0. The van der Waals surface area contributed by atoms with E-state index >= 15 is 0 Å². The summed E-state index contributed by atoms with van der Waals surface area (Å²) in [6.45, 7) is 0. The Kier molecular flexibility index (Phi) is 2.53. The molecule has 0 aromatic heterocycles. The second kappa shape index (κ2) is 2.69. The molecule has 0 aliphatic heterocycles. The Morgan fingerprint density at radius 1 is 1.29 bits per heavy atom. The van der Waals surface area contributed by atoms with Gasteiger partial charge in [0.25, 0.3) is 0 Å². The highest BCUT2D eigenvalue weighted by molar-refractivity contribution is 7.16. The summed E-state index contributed by atoms with van der Waals surface area (Å²) in [4.78, 5) is 0. The van der Waals surface area contributed by atoms with Crippen LogP contribution in [0.1, 0.15) is 0 Å². The van der Waals surface area contributed by atoms with E-state index in [1.54, 1.807) is 0 Å². The fourth-order valence-electron chi connectivity index (χ4n) is 0.118. The van der Waals surface area contributed by atoms with Crippen molar-refractivity contribution in [3.63, 3.8) is 0 Å². The number of allylic oxidation sites excluding steroid dienone is 1. The van der Waals surface area contributed by atoms with Crippen molar-refractivity contribution >= 4 is 9.24 Å². The lowest BCUT2D eigenvalue weighted by Gasteiger charge is -1.95. The molecule has 0 heterocycles. The van der Waals surface area contributed by atoms with Gasteiger partial charge in [0.05, 0.1) is 5.70 Å². The van der Waals surface area contributed by atoms with Gasteiger partial charge >= 0.3 is 0 Å². The van der Waals surface area contributed by atoms with Crippen LogP contribution in [0.3, 0.4) is 0 Å². The first-order valence-corrected chi connectivity index (χ1v) is 2.69. The van der Waals surface area contributed by atoms with E-state index in [1.807, 2.05) is 0 Å². The van der Waals surface area contributed by atoms with Crippen LogP contribution >= 0.6 is 9.24 Å². The lowest BCUT2D eigenvalue weighted by atomic mass is 10.5. The van der Waals surface area contributed by atoms with Crippen molar-refractivity contribution in [3.8, 4) is 0 Å². The normalized spacial score (nSPS) is 8.14. The van der Waals surface area contributed by atoms with Crippen LogP contribution in [0.25, 0.3) is 0 Å². The summed E-state index contributed by atoms with van der Waals surface area (Å²) < 4.78 is 0. The van der Waals surface area contributed by atoms with Crippen LogP contribution in [0.4, 0.5) is 0 Å². The summed E-state index contributed by atoms with van der Waals surface area (Å²) >= 11 is 0. The molecule has 1 unspecified atom stereocenters. The number of hydrogen-bond donors (Lipinski definition) is 3. The molecule has 1 atom stereocenters. The first-order valence-electron chi connectivity index (χ1n) is 1.88. The van der Waals surface area contributed by atoms with Gasteiger partial charge in [-0.3, -0.25) is 0 Å². The largest absolute Gasteiger partial charge is 0.399 e. The minimum Gasteiger partial charge on any atom is -0.399 e. The summed E-state index contributed by atoms with van der Waals surface area (Å²) in [7, 11) is 2.42. The number of hydrogen-bond acceptors (Lipinski definition) is 3. The summed E-state index contributed by atoms with van der Waals surface area (Å²) in [5.41, 5.74) is 15.9. The van der Waals surface area contributed by atoms with Crippen LogP contribution in [0, 0.1) is 0 Å². The van der Waals surface area contributed by atoms with E-state index in [0.29, 0.717) is 11.9 Å². The molecule has 0 fully saturated rings. The molecule has 0 aromatic rings. The van der Waals surface area contributed by atoms with Gasteiger partial charge in [0.2, 0.25) is 0 Å². The minimum absolute atomic E-state index is 0.218. The van der Waals surface area contributed by atoms with Gasteiger partial charge in [0, 0.05) is 6.16 Å². The van der Waals surface area contributed by atoms with Crippen molar-refractivity contribution < 1.29 is 0 Å². The van der Waals surface area contributed by atoms with E-state index in [9.17, 15) is 0 Å². The van der Waals surface area contributed by atoms with E-state index in [-0.39, 0.29) is 5.82 Å². The smallest absolute Gasteiger partial charge is 0.113 e. The average molecular weight is 119 g/mol. The molecular formula is C3H10N3P. The standard InChI is InChI=1S/C3H10N3P/c4-2(1-7)3(5)6/h1,4-7H2. The van der Waals surface area contributed by atoms with Gasteiger partial charge in [-0.1, -0.05) is 0 Å². The first-order chi connectivity index (χ1) is 3.18. The molecule has 4 heteroatoms. The molecule has 0 saturated heterocycles. The summed E-state index contributed by atoms with van der Waals surface area (Å²) in [6.07, 6.45) is 0.641. The van der Waals surface area contributed by atoms with E-state index < -0.39 is 0 Å². The zero-order chi connectivity index (χ0) is 5.86. The summed E-state index contributed by atoms with van der Waals surface area (Å²) in [5.74, 6) is 0.218. The Labute approximate surface area is 45.1 Å². The predicted molar refractivity (Wildman–Crippen MR) is 34.2 cm³/mol. The van der Waals surface area contributed by atoms with E-state index in [2.05, 4.69) is 9.24 Å². The van der Waals surface area contributed by atoms with Crippen LogP contribution in [0.2, 0.25) is 0 Å². The monoisotopic (exact) mass is 119 g/mol. The summed E-state index contributed by atoms with van der Waals surface area (Å²) in [6, 6.07) is 0. The molecule has 0 spiro atoms. The van der Waals surface area contributed by atoms with Crippen molar-refractivity contribution in [2.45, 2.75) is 0 Å². The topological polar surface area (TPSA) is 78.1 Å². The van der Waals surface area contributed by atoms with Crippen molar-refractivity contribution in [3.05, 3.63) is 11.5 Å². The molecular weight excluding hydrogens is 109 g/mol. The highest BCUT2D eigenvalue weighted by Gasteiger charge is 1.85. The Morgan fingerprint density at radius 2 is 1.71 bits per heavy atom. The van der Waals surface area contributed by atoms with Gasteiger partial charge in [-0.15, -0.1) is 9.24 Å². The van der Waals surface area contributed by atoms with Crippen LogP contribution in [0.5, 0.6) is 0 Å². The molecule has 6 N–H and O–H groups in total. The van der Waals surface area contributed by atoms with Gasteiger partial charge in [-0.25, -0.2) is 0 Å². The van der Waals surface area contributed by atoms with Gasteiger partial charge in [-0.05, 0) is 0 Å². The van der Waals surface area contributed by atoms with Gasteiger partial charge in [0.1, 0.15) is 5.82 Å². The Bertz CT molecular complexity index is 84.2. The zero-order valence-corrected chi connectivity index (χ0v) is 5.17. The molecule has 0 amide bonds. The van der Waals surface area contributed by atoms with Gasteiger partial charge < -0.3 is 17.2 Å². The molecule has 0 saturated carbocycles. The third-order valence-electron chi connectivity index (χ3n) is 0.591. The molecule has 0 bridgehead atoms. The van der Waals surface area contributed by atoms with Crippen LogP contribution < -0.4 is 17.2 Å². The molecule has 0 aromatic carbocycles. The second-order valence-corrected chi connectivity index (χ2v) is 1.59. The maximum absolute atomic E-state index is 5.22. The van der Waals surface area contributed by atoms with Gasteiger partial charge in [-0.2, -0.15) is 0 Å². The van der Waals surface area contributed by atoms with Crippen LogP contribution in [-0.2, 0) is 0 Å². The lowest BCUT2D eigenvalue weighted by Crippen LogP contribution is -2.17. The lowest BCUT2D eigenvalue weighted by molar-refractivity contribution is 1.13. The SMILES string of the molecule is NC(N)=C(N)CP. The first kappa shape index (κ1) is 6.57. The van der Waals surface area contributed by atoms with Crippen molar-refractivity contribution in [1.82, 2.24) is 0 Å². The van der Waals surface area contributed by atoms with E-state index in [0.717, 1.165) is 0 Å². The molecule has 0 aliphatic carbocycles. The molecule has 0 radical (unpaired) electrons. The Morgan fingerprint density at radius 3 is 1.71 bits per heavy atom. The number of rotatable bonds is 1. The molecule has 0 aliphatic rings. The minimum atomic E-state index is 0.218. The zero-order valence-electron chi connectivity index (χ0n) is 4.02. The van der Waals surface area contributed by atoms with E-state index in [1.165, 1.54) is 0 Å². The third kappa shape index (κ3) is 2.29. The highest BCUT2D eigenvalue weighted by Crippen LogP contribution is 1.89. The quantitative estimate of drug-likeness (QED) is 0.384. The van der Waals surface area contributed by atoms with Crippen molar-refractivity contribution in [1.29, 1.82) is 0 Å². The van der Waals surface area contributed by atoms with Crippen molar-refractivity contribution in [2.24, 2.45) is 17.2 Å². The Hall–Kier alpha value is -0.430. The maximum Gasteiger partial charge on any atom is 0.113 e. The van der Waals surface area contributed by atoms with E-state index in [4.69, 9.17) is 17.2 Å². The fraction of sp³-hybridized carbons (Fsp3) is 0.333. The third-order valence-corrected chi connectivity index (χ3v) is 1.03.